The number of benzene rings is 2. The smallest absolute Gasteiger partial charge is 0.243 e. The third kappa shape index (κ3) is 7.71. The fraction of sp³-hybridized carbons (Fsp3) is 0.423. The first kappa shape index (κ1) is 24.5. The van der Waals surface area contributed by atoms with Crippen LogP contribution in [0.3, 0.4) is 0 Å². The van der Waals surface area contributed by atoms with Crippen LogP contribution in [0.15, 0.2) is 60.7 Å². The quantitative estimate of drug-likeness (QED) is 0.278. The number of carbonyl (C=O) groups excluding carboxylic acids is 3. The Labute approximate surface area is 195 Å². The first-order chi connectivity index (χ1) is 16.1. The molecular formula is C26H33N3O4. The molecule has 2 unspecified atom stereocenters. The van der Waals surface area contributed by atoms with Crippen molar-refractivity contribution in [3.63, 3.8) is 0 Å². The van der Waals surface area contributed by atoms with Crippen molar-refractivity contribution < 1.29 is 19.6 Å². The van der Waals surface area contributed by atoms with Crippen molar-refractivity contribution in [2.24, 2.45) is 11.8 Å². The molecule has 0 radical (unpaired) electrons. The maximum Gasteiger partial charge on any atom is 0.243 e. The lowest BCUT2D eigenvalue weighted by atomic mass is 9.83. The van der Waals surface area contributed by atoms with Crippen molar-refractivity contribution >= 4 is 18.2 Å². The molecule has 3 amide bonds. The number of hydrogen-bond donors (Lipinski definition) is 3. The number of hydrogen-bond acceptors (Lipinski definition) is 4. The first-order valence-electron chi connectivity index (χ1n) is 11.6. The molecule has 1 fully saturated rings. The van der Waals surface area contributed by atoms with Crippen molar-refractivity contribution in [3.05, 3.63) is 71.8 Å². The molecule has 2 aromatic carbocycles. The SMILES string of the molecule is O=CN(O)CC(Cc1ccccc1)C(=O)NC(C(=O)NCc1ccccc1)C1CCCCC1. The van der Waals surface area contributed by atoms with Gasteiger partial charge in [-0.1, -0.05) is 79.9 Å². The summed E-state index contributed by atoms with van der Waals surface area (Å²) in [4.78, 5) is 37.4. The number of nitrogens with zero attached hydrogens (tertiary/aromatic N) is 1. The molecule has 0 heterocycles. The van der Waals surface area contributed by atoms with Gasteiger partial charge in [0.15, 0.2) is 0 Å². The van der Waals surface area contributed by atoms with Crippen LogP contribution in [-0.4, -0.2) is 41.1 Å². The molecule has 1 saturated carbocycles. The molecule has 0 spiro atoms. The molecule has 0 bridgehead atoms. The summed E-state index contributed by atoms with van der Waals surface area (Å²) in [6, 6.07) is 18.4. The van der Waals surface area contributed by atoms with E-state index < -0.39 is 12.0 Å². The topological polar surface area (TPSA) is 98.7 Å². The second-order valence-corrected chi connectivity index (χ2v) is 8.70. The maximum absolute atomic E-state index is 13.3. The van der Waals surface area contributed by atoms with Gasteiger partial charge in [0.1, 0.15) is 6.04 Å². The van der Waals surface area contributed by atoms with Gasteiger partial charge < -0.3 is 10.6 Å². The molecule has 0 aliphatic heterocycles. The van der Waals surface area contributed by atoms with Gasteiger partial charge in [-0.05, 0) is 36.3 Å². The second kappa shape index (κ2) is 12.7. The van der Waals surface area contributed by atoms with Gasteiger partial charge in [0, 0.05) is 6.54 Å². The van der Waals surface area contributed by atoms with E-state index in [4.69, 9.17) is 0 Å². The molecule has 3 rings (SSSR count). The Morgan fingerprint density at radius 1 is 0.939 bits per heavy atom. The van der Waals surface area contributed by atoms with E-state index in [2.05, 4.69) is 10.6 Å². The van der Waals surface area contributed by atoms with Crippen molar-refractivity contribution in [3.8, 4) is 0 Å². The molecule has 0 saturated heterocycles. The fourth-order valence-electron chi connectivity index (χ4n) is 4.44. The van der Waals surface area contributed by atoms with Crippen molar-refractivity contribution in [1.82, 2.24) is 15.7 Å². The van der Waals surface area contributed by atoms with E-state index >= 15 is 0 Å². The van der Waals surface area contributed by atoms with E-state index in [1.165, 1.54) is 0 Å². The summed E-state index contributed by atoms with van der Waals surface area (Å²) in [6.07, 6.45) is 5.61. The van der Waals surface area contributed by atoms with Crippen LogP contribution in [0.5, 0.6) is 0 Å². The molecule has 1 aliphatic carbocycles. The van der Waals surface area contributed by atoms with Crippen molar-refractivity contribution in [2.45, 2.75) is 51.1 Å². The molecule has 1 aliphatic rings. The minimum absolute atomic E-state index is 0.0622. The number of hydroxylamine groups is 2. The van der Waals surface area contributed by atoms with Gasteiger partial charge in [-0.2, -0.15) is 0 Å². The van der Waals surface area contributed by atoms with Crippen molar-refractivity contribution in [1.29, 1.82) is 0 Å². The summed E-state index contributed by atoms with van der Waals surface area (Å²) in [7, 11) is 0. The van der Waals surface area contributed by atoms with Crippen LogP contribution in [0.4, 0.5) is 0 Å². The van der Waals surface area contributed by atoms with E-state index in [0.717, 1.165) is 43.2 Å². The van der Waals surface area contributed by atoms with Crippen molar-refractivity contribution in [2.75, 3.05) is 6.54 Å². The lowest BCUT2D eigenvalue weighted by molar-refractivity contribution is -0.155. The molecular weight excluding hydrogens is 418 g/mol. The van der Waals surface area contributed by atoms with Crippen LogP contribution in [0.1, 0.15) is 43.2 Å². The van der Waals surface area contributed by atoms with E-state index in [-0.39, 0.29) is 30.7 Å². The summed E-state index contributed by atoms with van der Waals surface area (Å²) in [5, 5.41) is 16.2. The highest BCUT2D eigenvalue weighted by Crippen LogP contribution is 2.27. The van der Waals surface area contributed by atoms with Crippen LogP contribution in [-0.2, 0) is 27.3 Å². The first-order valence-corrected chi connectivity index (χ1v) is 11.6. The van der Waals surface area contributed by atoms with E-state index in [0.29, 0.717) is 18.0 Å². The zero-order valence-corrected chi connectivity index (χ0v) is 18.9. The van der Waals surface area contributed by atoms with Gasteiger partial charge in [0.25, 0.3) is 0 Å². The summed E-state index contributed by atoms with van der Waals surface area (Å²) in [6.45, 7) is 0.245. The Hall–Kier alpha value is -3.19. The van der Waals surface area contributed by atoms with Crippen LogP contribution < -0.4 is 10.6 Å². The normalized spacial score (nSPS) is 15.8. The molecule has 33 heavy (non-hydrogen) atoms. The predicted molar refractivity (Wildman–Crippen MR) is 125 cm³/mol. The van der Waals surface area contributed by atoms with Gasteiger partial charge in [-0.3, -0.25) is 19.6 Å². The van der Waals surface area contributed by atoms with Gasteiger partial charge in [-0.25, -0.2) is 5.06 Å². The van der Waals surface area contributed by atoms with Gasteiger partial charge in [-0.15, -0.1) is 0 Å². The standard InChI is InChI=1S/C26H33N3O4/c30-19-29(33)18-23(16-20-10-4-1-5-11-20)25(31)28-24(22-14-8-3-9-15-22)26(32)27-17-21-12-6-2-7-13-21/h1-2,4-7,10-13,19,22-24,33H,3,8-9,14-18H2,(H,27,32)(H,28,31). The molecule has 3 N–H and O–H groups in total. The Morgan fingerprint density at radius 2 is 1.55 bits per heavy atom. The molecule has 7 nitrogen and oxygen atoms in total. The van der Waals surface area contributed by atoms with E-state index in [1.54, 1.807) is 0 Å². The highest BCUT2D eigenvalue weighted by Gasteiger charge is 2.33. The lowest BCUT2D eigenvalue weighted by Gasteiger charge is -2.31. The average Bonchev–Trinajstić information content (AvgIpc) is 2.87. The summed E-state index contributed by atoms with van der Waals surface area (Å²) in [5.41, 5.74) is 1.91. The minimum Gasteiger partial charge on any atom is -0.350 e. The molecule has 7 heteroatoms. The highest BCUT2D eigenvalue weighted by molar-refractivity contribution is 5.89. The molecule has 2 atom stereocenters. The number of nitrogens with one attached hydrogen (secondary N) is 2. The van der Waals surface area contributed by atoms with E-state index in [9.17, 15) is 19.6 Å². The molecule has 2 aromatic rings. The van der Waals surface area contributed by atoms with Gasteiger partial charge >= 0.3 is 0 Å². The zero-order chi connectivity index (χ0) is 23.5. The third-order valence-corrected chi connectivity index (χ3v) is 6.24. The second-order valence-electron chi connectivity index (χ2n) is 8.70. The van der Waals surface area contributed by atoms with Crippen LogP contribution in [0.2, 0.25) is 0 Å². The number of rotatable bonds is 11. The average molecular weight is 452 g/mol. The predicted octanol–water partition coefficient (Wildman–Crippen LogP) is 3.07. The summed E-state index contributed by atoms with van der Waals surface area (Å²) in [5.74, 6) is -1.17. The van der Waals surface area contributed by atoms with Gasteiger partial charge in [0.2, 0.25) is 18.2 Å². The van der Waals surface area contributed by atoms with Crippen LogP contribution in [0.25, 0.3) is 0 Å². The molecule has 176 valence electrons. The maximum atomic E-state index is 13.3. The number of carbonyl (C=O) groups is 3. The Bertz CT molecular complexity index is 885. The zero-order valence-electron chi connectivity index (χ0n) is 18.9. The lowest BCUT2D eigenvalue weighted by Crippen LogP contribution is -2.53. The van der Waals surface area contributed by atoms with Gasteiger partial charge in [0.05, 0.1) is 12.5 Å². The van der Waals surface area contributed by atoms with E-state index in [1.807, 2.05) is 60.7 Å². The van der Waals surface area contributed by atoms with Crippen LogP contribution in [0, 0.1) is 11.8 Å². The summed E-state index contributed by atoms with van der Waals surface area (Å²) >= 11 is 0. The third-order valence-electron chi connectivity index (χ3n) is 6.24. The Kier molecular flexibility index (Phi) is 9.44. The number of amides is 3. The highest BCUT2D eigenvalue weighted by atomic mass is 16.5. The van der Waals surface area contributed by atoms with Crippen LogP contribution >= 0.6 is 0 Å². The summed E-state index contributed by atoms with van der Waals surface area (Å²) < 4.78 is 0. The minimum atomic E-state index is -0.685. The Balaban J connectivity index is 1.72. The Morgan fingerprint density at radius 3 is 2.15 bits per heavy atom. The molecule has 0 aromatic heterocycles. The largest absolute Gasteiger partial charge is 0.350 e. The fourth-order valence-corrected chi connectivity index (χ4v) is 4.44. The monoisotopic (exact) mass is 451 g/mol.